The normalized spacial score (nSPS) is 15.3. The van der Waals surface area contributed by atoms with Crippen LogP contribution in [0.15, 0.2) is 24.3 Å². The fraction of sp³-hybridized carbons (Fsp3) is 0.556. The molecule has 0 unspecified atom stereocenters. The molecule has 0 aliphatic carbocycles. The number of hydrogen-bond donors (Lipinski definition) is 2. The molecule has 0 aromatic heterocycles. The van der Waals surface area contributed by atoms with Crippen LogP contribution in [0, 0.1) is 0 Å². The van der Waals surface area contributed by atoms with E-state index in [1.807, 2.05) is 4.90 Å². The Balaban J connectivity index is 1.74. The second kappa shape index (κ2) is 9.39. The molecular formula is C18H29N5O2. The first-order valence-electron chi connectivity index (χ1n) is 8.75. The van der Waals surface area contributed by atoms with Gasteiger partial charge in [-0.05, 0) is 57.9 Å². The van der Waals surface area contributed by atoms with E-state index in [0.717, 1.165) is 57.1 Å². The van der Waals surface area contributed by atoms with E-state index >= 15 is 0 Å². The average Bonchev–Trinajstić information content (AvgIpc) is 2.56. The molecule has 0 saturated carbocycles. The predicted molar refractivity (Wildman–Crippen MR) is 101 cm³/mol. The molecule has 0 bridgehead atoms. The highest BCUT2D eigenvalue weighted by molar-refractivity contribution is 5.91. The maximum atomic E-state index is 12.4. The summed E-state index contributed by atoms with van der Waals surface area (Å²) in [5.41, 5.74) is 1.45. The minimum absolute atomic E-state index is 0.0692. The zero-order valence-corrected chi connectivity index (χ0v) is 15.4. The Morgan fingerprint density at radius 3 is 2.08 bits per heavy atom. The van der Waals surface area contributed by atoms with Crippen molar-refractivity contribution in [3.05, 3.63) is 24.3 Å². The van der Waals surface area contributed by atoms with Gasteiger partial charge in [0.2, 0.25) is 5.91 Å². The maximum Gasteiger partial charge on any atom is 0.321 e. The Morgan fingerprint density at radius 2 is 1.56 bits per heavy atom. The highest BCUT2D eigenvalue weighted by atomic mass is 16.2. The van der Waals surface area contributed by atoms with Gasteiger partial charge in [-0.3, -0.25) is 9.69 Å². The number of piperazine rings is 1. The van der Waals surface area contributed by atoms with Crippen LogP contribution in [0.2, 0.25) is 0 Å². The van der Waals surface area contributed by atoms with Gasteiger partial charge in [-0.2, -0.15) is 0 Å². The quantitative estimate of drug-likeness (QED) is 0.823. The number of hydrogen-bond acceptors (Lipinski definition) is 4. The average molecular weight is 347 g/mol. The first kappa shape index (κ1) is 19.2. The fourth-order valence-electron chi connectivity index (χ4n) is 2.83. The van der Waals surface area contributed by atoms with Crippen LogP contribution in [0.4, 0.5) is 16.2 Å². The van der Waals surface area contributed by atoms with E-state index in [0.29, 0.717) is 0 Å². The summed E-state index contributed by atoms with van der Waals surface area (Å²) in [6.45, 7) is 6.98. The number of amides is 3. The Hall–Kier alpha value is -2.12. The van der Waals surface area contributed by atoms with Gasteiger partial charge < -0.3 is 20.4 Å². The lowest BCUT2D eigenvalue weighted by Gasteiger charge is -2.34. The summed E-state index contributed by atoms with van der Waals surface area (Å²) in [6.07, 6.45) is 1.15. The molecule has 2 rings (SSSR count). The molecular weight excluding hydrogens is 318 g/mol. The van der Waals surface area contributed by atoms with Crippen molar-refractivity contribution >= 4 is 23.3 Å². The van der Waals surface area contributed by atoms with Gasteiger partial charge in [0.25, 0.3) is 0 Å². The Morgan fingerprint density at radius 1 is 1.00 bits per heavy atom. The van der Waals surface area contributed by atoms with Crippen molar-refractivity contribution in [3.63, 3.8) is 0 Å². The van der Waals surface area contributed by atoms with Gasteiger partial charge in [0, 0.05) is 44.5 Å². The van der Waals surface area contributed by atoms with E-state index < -0.39 is 0 Å². The molecule has 138 valence electrons. The van der Waals surface area contributed by atoms with Crippen molar-refractivity contribution in [2.75, 3.05) is 64.0 Å². The van der Waals surface area contributed by atoms with E-state index in [-0.39, 0.29) is 11.9 Å². The van der Waals surface area contributed by atoms with Crippen molar-refractivity contribution in [1.82, 2.24) is 14.7 Å². The monoisotopic (exact) mass is 347 g/mol. The summed E-state index contributed by atoms with van der Waals surface area (Å²) in [5, 5.41) is 5.62. The smallest absolute Gasteiger partial charge is 0.321 e. The van der Waals surface area contributed by atoms with E-state index in [1.165, 1.54) is 6.92 Å². The molecule has 1 saturated heterocycles. The lowest BCUT2D eigenvalue weighted by atomic mass is 10.2. The standard InChI is InChI=1S/C18H29N5O2/c1-15(24)19-16-5-7-17(8-6-16)20-18(25)23-13-11-22(12-14-23)10-4-9-21(2)3/h5-8H,4,9-14H2,1-3H3,(H,19,24)(H,20,25). The molecule has 25 heavy (non-hydrogen) atoms. The molecule has 1 aromatic rings. The highest BCUT2D eigenvalue weighted by Gasteiger charge is 2.20. The van der Waals surface area contributed by atoms with Crippen molar-refractivity contribution in [2.45, 2.75) is 13.3 Å². The molecule has 1 fully saturated rings. The van der Waals surface area contributed by atoms with Crippen LogP contribution in [0.3, 0.4) is 0 Å². The van der Waals surface area contributed by atoms with Gasteiger partial charge in [-0.1, -0.05) is 0 Å². The van der Waals surface area contributed by atoms with Gasteiger partial charge in [-0.25, -0.2) is 4.79 Å². The van der Waals surface area contributed by atoms with Crippen LogP contribution in [0.5, 0.6) is 0 Å². The van der Waals surface area contributed by atoms with E-state index in [4.69, 9.17) is 0 Å². The van der Waals surface area contributed by atoms with Crippen molar-refractivity contribution in [1.29, 1.82) is 0 Å². The minimum Gasteiger partial charge on any atom is -0.326 e. The maximum absolute atomic E-state index is 12.4. The Kier molecular flexibility index (Phi) is 7.21. The van der Waals surface area contributed by atoms with Crippen LogP contribution < -0.4 is 10.6 Å². The number of benzene rings is 1. The largest absolute Gasteiger partial charge is 0.326 e. The molecule has 1 aliphatic heterocycles. The number of carbonyl (C=O) groups is 2. The molecule has 7 heteroatoms. The molecule has 0 atom stereocenters. The summed E-state index contributed by atoms with van der Waals surface area (Å²) in [4.78, 5) is 29.8. The summed E-state index contributed by atoms with van der Waals surface area (Å²) in [6, 6.07) is 7.07. The summed E-state index contributed by atoms with van der Waals surface area (Å²) >= 11 is 0. The number of nitrogens with zero attached hydrogens (tertiary/aromatic N) is 3. The van der Waals surface area contributed by atoms with Gasteiger partial charge >= 0.3 is 6.03 Å². The molecule has 3 amide bonds. The third-order valence-electron chi connectivity index (χ3n) is 4.20. The SMILES string of the molecule is CC(=O)Nc1ccc(NC(=O)N2CCN(CCCN(C)C)CC2)cc1. The Bertz CT molecular complexity index is 565. The van der Waals surface area contributed by atoms with Gasteiger partial charge in [0.1, 0.15) is 0 Å². The molecule has 1 aliphatic rings. The van der Waals surface area contributed by atoms with Crippen molar-refractivity contribution < 1.29 is 9.59 Å². The zero-order chi connectivity index (χ0) is 18.2. The Labute approximate surface area is 150 Å². The highest BCUT2D eigenvalue weighted by Crippen LogP contribution is 2.14. The number of urea groups is 1. The second-order valence-corrected chi connectivity index (χ2v) is 6.67. The van der Waals surface area contributed by atoms with Crippen LogP contribution in [0.25, 0.3) is 0 Å². The molecule has 1 heterocycles. The lowest BCUT2D eigenvalue weighted by Crippen LogP contribution is -2.50. The second-order valence-electron chi connectivity index (χ2n) is 6.67. The van der Waals surface area contributed by atoms with Crippen molar-refractivity contribution in [3.8, 4) is 0 Å². The lowest BCUT2D eigenvalue weighted by molar-refractivity contribution is -0.114. The first-order valence-corrected chi connectivity index (χ1v) is 8.75. The molecule has 7 nitrogen and oxygen atoms in total. The number of anilines is 2. The predicted octanol–water partition coefficient (Wildman–Crippen LogP) is 1.75. The van der Waals surface area contributed by atoms with Gasteiger partial charge in [-0.15, -0.1) is 0 Å². The van der Waals surface area contributed by atoms with E-state index in [9.17, 15) is 9.59 Å². The van der Waals surface area contributed by atoms with E-state index in [1.54, 1.807) is 24.3 Å². The molecule has 1 aromatic carbocycles. The number of rotatable bonds is 6. The van der Waals surface area contributed by atoms with Crippen LogP contribution in [0.1, 0.15) is 13.3 Å². The summed E-state index contributed by atoms with van der Waals surface area (Å²) < 4.78 is 0. The molecule has 0 radical (unpaired) electrons. The first-order chi connectivity index (χ1) is 11.9. The van der Waals surface area contributed by atoms with Crippen LogP contribution >= 0.6 is 0 Å². The topological polar surface area (TPSA) is 67.9 Å². The fourth-order valence-corrected chi connectivity index (χ4v) is 2.83. The van der Waals surface area contributed by atoms with E-state index in [2.05, 4.69) is 34.5 Å². The molecule has 0 spiro atoms. The number of nitrogens with one attached hydrogen (secondary N) is 2. The van der Waals surface area contributed by atoms with Gasteiger partial charge in [0.05, 0.1) is 0 Å². The van der Waals surface area contributed by atoms with Gasteiger partial charge in [0.15, 0.2) is 0 Å². The third kappa shape index (κ3) is 6.72. The number of carbonyl (C=O) groups excluding carboxylic acids is 2. The van der Waals surface area contributed by atoms with Crippen LogP contribution in [-0.4, -0.2) is 80.0 Å². The molecule has 2 N–H and O–H groups in total. The van der Waals surface area contributed by atoms with Crippen molar-refractivity contribution in [2.24, 2.45) is 0 Å². The third-order valence-corrected chi connectivity index (χ3v) is 4.20. The summed E-state index contributed by atoms with van der Waals surface area (Å²) in [7, 11) is 4.18. The van der Waals surface area contributed by atoms with Crippen LogP contribution in [-0.2, 0) is 4.79 Å². The summed E-state index contributed by atoms with van der Waals surface area (Å²) in [5.74, 6) is -0.111. The zero-order valence-electron chi connectivity index (χ0n) is 15.4. The minimum atomic E-state index is -0.111.